The second kappa shape index (κ2) is 17.0. The minimum absolute atomic E-state index is 0. The van der Waals surface area contributed by atoms with Crippen LogP contribution in [-0.2, 0) is 31.5 Å². The molecule has 0 aromatic carbocycles. The van der Waals surface area contributed by atoms with Crippen LogP contribution >= 0.6 is 34.0 Å². The van der Waals surface area contributed by atoms with Crippen molar-refractivity contribution < 1.29 is 46.8 Å². The van der Waals surface area contributed by atoms with E-state index in [9.17, 15) is 29.7 Å². The van der Waals surface area contributed by atoms with Gasteiger partial charge in [-0.1, -0.05) is 18.2 Å². The van der Waals surface area contributed by atoms with Gasteiger partial charge in [0.25, 0.3) is 0 Å². The Balaban J connectivity index is 0.000000429. The molecule has 0 fully saturated rings. The normalized spacial score (nSPS) is 10.1. The van der Waals surface area contributed by atoms with Gasteiger partial charge in [-0.2, -0.15) is 0 Å². The molecule has 0 aliphatic heterocycles. The maximum absolute atomic E-state index is 9.90. The summed E-state index contributed by atoms with van der Waals surface area (Å²) < 4.78 is 0. The first-order valence-electron chi connectivity index (χ1n) is 8.14. The predicted octanol–water partition coefficient (Wildman–Crippen LogP) is 1.53. The summed E-state index contributed by atoms with van der Waals surface area (Å²) in [4.78, 5) is 32.5. The number of rotatable bonds is 6. The van der Waals surface area contributed by atoms with E-state index in [-0.39, 0.29) is 17.1 Å². The molecule has 0 saturated carbocycles. The van der Waals surface area contributed by atoms with E-state index in [2.05, 4.69) is 0 Å². The van der Waals surface area contributed by atoms with E-state index in [1.165, 1.54) is 52.2 Å². The largest absolute Gasteiger partial charge is 3.00 e. The van der Waals surface area contributed by atoms with Crippen molar-refractivity contribution in [1.82, 2.24) is 0 Å². The quantitative estimate of drug-likeness (QED) is 0.363. The molecule has 0 bridgehead atoms. The van der Waals surface area contributed by atoms with Crippen LogP contribution in [0.5, 0.6) is 0 Å². The first-order valence-corrected chi connectivity index (χ1v) is 10.8. The van der Waals surface area contributed by atoms with Gasteiger partial charge < -0.3 is 29.7 Å². The third kappa shape index (κ3) is 15.7. The molecule has 0 saturated heterocycles. The van der Waals surface area contributed by atoms with E-state index in [4.69, 9.17) is 0 Å². The molecule has 3 aromatic rings. The van der Waals surface area contributed by atoms with Crippen molar-refractivity contribution in [1.29, 1.82) is 0 Å². The molecule has 1 radical (unpaired) electrons. The summed E-state index contributed by atoms with van der Waals surface area (Å²) in [6.07, 6.45) is 7.60. The molecule has 10 heteroatoms. The first kappa shape index (κ1) is 28.2. The molecule has 161 valence electrons. The molecular formula is C21H15FeO6S3. The Kier molecular flexibility index (Phi) is 15.5. The van der Waals surface area contributed by atoms with Gasteiger partial charge in [-0.05, 0) is 70.8 Å². The van der Waals surface area contributed by atoms with Gasteiger partial charge in [-0.15, -0.1) is 34.0 Å². The van der Waals surface area contributed by atoms with Crippen molar-refractivity contribution in [3.05, 3.63) is 85.4 Å². The second-order valence-electron chi connectivity index (χ2n) is 5.00. The molecular weight excluding hydrogens is 500 g/mol. The molecule has 3 rings (SSSR count). The molecule has 0 amide bonds. The van der Waals surface area contributed by atoms with Crippen LogP contribution in [0.3, 0.4) is 0 Å². The zero-order chi connectivity index (χ0) is 22.2. The monoisotopic (exact) mass is 515 g/mol. The van der Waals surface area contributed by atoms with Crippen LogP contribution in [0.15, 0.2) is 70.8 Å². The van der Waals surface area contributed by atoms with Crippen LogP contribution in [-0.4, -0.2) is 17.9 Å². The Morgan fingerprint density at radius 1 is 0.581 bits per heavy atom. The van der Waals surface area contributed by atoms with Gasteiger partial charge in [-0.25, -0.2) is 0 Å². The third-order valence-corrected chi connectivity index (χ3v) is 5.29. The fraction of sp³-hybridized carbons (Fsp3) is 0. The number of carboxylic acid groups (broad SMARTS) is 3. The van der Waals surface area contributed by atoms with E-state index >= 15 is 0 Å². The Hall–Kier alpha value is -2.75. The summed E-state index contributed by atoms with van der Waals surface area (Å²) in [6, 6.07) is 11.1. The Bertz CT molecular complexity index is 844. The Morgan fingerprint density at radius 2 is 0.839 bits per heavy atom. The van der Waals surface area contributed by atoms with Crippen molar-refractivity contribution in [2.24, 2.45) is 0 Å². The van der Waals surface area contributed by atoms with Gasteiger partial charge in [0.2, 0.25) is 0 Å². The third-order valence-electron chi connectivity index (χ3n) is 2.78. The molecule has 31 heavy (non-hydrogen) atoms. The molecule has 3 aromatic heterocycles. The van der Waals surface area contributed by atoms with Crippen LogP contribution in [0.25, 0.3) is 18.2 Å². The van der Waals surface area contributed by atoms with Crippen LogP contribution in [0.4, 0.5) is 0 Å². The maximum atomic E-state index is 9.90. The standard InChI is InChI=1S/3C7H6O2S.Fe/c3*8-7(9)4-3-6-2-1-5-10-6;/h3*1-5H,(H,8,9);/q;;;+3/p-3. The average Bonchev–Trinajstić information content (AvgIpc) is 3.48. The summed E-state index contributed by atoms with van der Waals surface area (Å²) >= 11 is 4.46. The van der Waals surface area contributed by atoms with E-state index < -0.39 is 17.9 Å². The fourth-order valence-corrected chi connectivity index (χ4v) is 3.46. The first-order chi connectivity index (χ1) is 14.4. The van der Waals surface area contributed by atoms with Gasteiger partial charge in [0.1, 0.15) is 0 Å². The Morgan fingerprint density at radius 3 is 1.00 bits per heavy atom. The van der Waals surface area contributed by atoms with E-state index in [0.29, 0.717) is 0 Å². The summed E-state index contributed by atoms with van der Waals surface area (Å²) in [7, 11) is 0. The van der Waals surface area contributed by atoms with E-state index in [1.807, 2.05) is 52.5 Å². The number of hydrogen-bond donors (Lipinski definition) is 0. The topological polar surface area (TPSA) is 120 Å². The zero-order valence-corrected chi connectivity index (χ0v) is 19.2. The number of carbonyl (C=O) groups excluding carboxylic acids is 3. The molecule has 0 aliphatic carbocycles. The SMILES string of the molecule is O=C([O-])C=Cc1cccs1.O=C([O-])C=Cc1cccs1.O=C([O-])C=Cc1cccs1.[Fe+3]. The van der Waals surface area contributed by atoms with Crippen molar-refractivity contribution >= 4 is 70.1 Å². The molecule has 0 unspecified atom stereocenters. The van der Waals surface area contributed by atoms with Crippen molar-refractivity contribution in [2.75, 3.05) is 0 Å². The van der Waals surface area contributed by atoms with E-state index in [0.717, 1.165) is 32.9 Å². The van der Waals surface area contributed by atoms with Crippen molar-refractivity contribution in [3.8, 4) is 0 Å². The molecule has 0 spiro atoms. The van der Waals surface area contributed by atoms with Gasteiger partial charge in [-0.3, -0.25) is 0 Å². The second-order valence-corrected chi connectivity index (χ2v) is 7.94. The number of carboxylic acids is 3. The molecule has 3 heterocycles. The number of aliphatic carboxylic acids is 3. The minimum atomic E-state index is -1.16. The van der Waals surface area contributed by atoms with Crippen LogP contribution in [0.1, 0.15) is 14.6 Å². The molecule has 0 N–H and O–H groups in total. The van der Waals surface area contributed by atoms with Crippen LogP contribution in [0, 0.1) is 0 Å². The summed E-state index contributed by atoms with van der Waals surface area (Å²) in [5, 5.41) is 35.4. The van der Waals surface area contributed by atoms with Gasteiger partial charge in [0.05, 0.1) is 17.9 Å². The minimum Gasteiger partial charge on any atom is -0.545 e. The van der Waals surface area contributed by atoms with Crippen LogP contribution < -0.4 is 15.3 Å². The molecule has 0 atom stereocenters. The smallest absolute Gasteiger partial charge is 0.545 e. The van der Waals surface area contributed by atoms with Crippen LogP contribution in [0.2, 0.25) is 0 Å². The summed E-state index contributed by atoms with van der Waals surface area (Å²) in [5.41, 5.74) is 0. The number of hydrogen-bond acceptors (Lipinski definition) is 9. The summed E-state index contributed by atoms with van der Waals surface area (Å²) in [6.45, 7) is 0. The Labute approximate surface area is 201 Å². The van der Waals surface area contributed by atoms with Crippen molar-refractivity contribution in [3.63, 3.8) is 0 Å². The zero-order valence-electron chi connectivity index (χ0n) is 15.7. The average molecular weight is 515 g/mol. The predicted molar refractivity (Wildman–Crippen MR) is 115 cm³/mol. The number of carbonyl (C=O) groups is 3. The maximum Gasteiger partial charge on any atom is 3.00 e. The molecule has 6 nitrogen and oxygen atoms in total. The van der Waals surface area contributed by atoms with Gasteiger partial charge in [0.15, 0.2) is 0 Å². The van der Waals surface area contributed by atoms with E-state index in [1.54, 1.807) is 0 Å². The summed E-state index contributed by atoms with van der Waals surface area (Å²) in [5.74, 6) is -3.48. The van der Waals surface area contributed by atoms with Gasteiger partial charge >= 0.3 is 17.1 Å². The number of thiophene rings is 3. The van der Waals surface area contributed by atoms with Crippen molar-refractivity contribution in [2.45, 2.75) is 0 Å². The fourth-order valence-electron chi connectivity index (χ4n) is 1.61. The van der Waals surface area contributed by atoms with Gasteiger partial charge in [0, 0.05) is 14.6 Å². The molecule has 0 aliphatic rings.